The third kappa shape index (κ3) is 4.54. The number of benzene rings is 3. The summed E-state index contributed by atoms with van der Waals surface area (Å²) in [6, 6.07) is 26.8. The predicted molar refractivity (Wildman–Crippen MR) is 125 cm³/mol. The van der Waals surface area contributed by atoms with E-state index >= 15 is 0 Å². The lowest BCUT2D eigenvalue weighted by Crippen LogP contribution is -2.35. The highest BCUT2D eigenvalue weighted by Gasteiger charge is 2.23. The van der Waals surface area contributed by atoms with Gasteiger partial charge in [0, 0.05) is 7.05 Å². The van der Waals surface area contributed by atoms with E-state index < -0.39 is 5.25 Å². The lowest BCUT2D eigenvalue weighted by Gasteiger charge is -2.22. The van der Waals surface area contributed by atoms with Gasteiger partial charge in [-0.3, -0.25) is 14.2 Å². The van der Waals surface area contributed by atoms with Crippen molar-refractivity contribution >= 4 is 28.6 Å². The summed E-state index contributed by atoms with van der Waals surface area (Å²) >= 11 is 1.28. The third-order valence-corrected chi connectivity index (χ3v) is 6.29. The van der Waals surface area contributed by atoms with Gasteiger partial charge in [-0.2, -0.15) is 0 Å². The Kier molecular flexibility index (Phi) is 6.18. The third-order valence-electron chi connectivity index (χ3n) is 5.15. The average molecular weight is 430 g/mol. The molecular formula is C25H23N3O2S. The predicted octanol–water partition coefficient (Wildman–Crippen LogP) is 4.32. The van der Waals surface area contributed by atoms with Gasteiger partial charge >= 0.3 is 0 Å². The molecule has 4 aromatic rings. The number of carbonyl (C=O) groups excluding carboxylic acids is 1. The molecule has 3 aromatic carbocycles. The minimum atomic E-state index is -0.436. The smallest absolute Gasteiger partial charge is 0.261 e. The quantitative estimate of drug-likeness (QED) is 0.366. The van der Waals surface area contributed by atoms with Crippen molar-refractivity contribution in [3.05, 3.63) is 106 Å². The highest BCUT2D eigenvalue weighted by Crippen LogP contribution is 2.25. The van der Waals surface area contributed by atoms with Gasteiger partial charge in [0.25, 0.3) is 5.56 Å². The molecular weight excluding hydrogens is 406 g/mol. The van der Waals surface area contributed by atoms with Gasteiger partial charge in [0.2, 0.25) is 5.91 Å². The molecule has 1 amide bonds. The molecule has 1 N–H and O–H groups in total. The number of para-hydroxylation sites is 1. The molecule has 0 fully saturated rings. The molecule has 0 aliphatic rings. The Bertz CT molecular complexity index is 1220. The molecule has 1 unspecified atom stereocenters. The molecule has 0 radical (unpaired) electrons. The Hall–Kier alpha value is -3.38. The van der Waals surface area contributed by atoms with Crippen LogP contribution < -0.4 is 10.9 Å². The van der Waals surface area contributed by atoms with Gasteiger partial charge in [-0.05, 0) is 30.2 Å². The molecule has 156 valence electrons. The summed E-state index contributed by atoms with van der Waals surface area (Å²) in [5.41, 5.74) is 2.53. The van der Waals surface area contributed by atoms with Crippen LogP contribution in [0, 0.1) is 0 Å². The van der Waals surface area contributed by atoms with Gasteiger partial charge in [0.1, 0.15) is 0 Å². The van der Waals surface area contributed by atoms with E-state index in [0.717, 1.165) is 11.1 Å². The van der Waals surface area contributed by atoms with E-state index in [1.165, 1.54) is 16.3 Å². The molecule has 0 saturated carbocycles. The number of aromatic nitrogens is 2. The van der Waals surface area contributed by atoms with Crippen molar-refractivity contribution in [2.24, 2.45) is 7.05 Å². The number of nitrogens with zero attached hydrogens (tertiary/aromatic N) is 2. The molecule has 1 heterocycles. The van der Waals surface area contributed by atoms with Crippen LogP contribution in [0.3, 0.4) is 0 Å². The van der Waals surface area contributed by atoms with Crippen LogP contribution in [0.15, 0.2) is 94.9 Å². The first-order valence-corrected chi connectivity index (χ1v) is 11.0. The summed E-state index contributed by atoms with van der Waals surface area (Å²) in [6.45, 7) is 1.83. The number of hydrogen-bond acceptors (Lipinski definition) is 4. The largest absolute Gasteiger partial charge is 0.344 e. The van der Waals surface area contributed by atoms with Crippen LogP contribution >= 0.6 is 11.8 Å². The van der Waals surface area contributed by atoms with E-state index in [1.807, 2.05) is 85.8 Å². The van der Waals surface area contributed by atoms with Crippen LogP contribution in [-0.4, -0.2) is 20.7 Å². The van der Waals surface area contributed by atoms with Gasteiger partial charge in [-0.1, -0.05) is 84.6 Å². The van der Waals surface area contributed by atoms with E-state index in [4.69, 9.17) is 0 Å². The molecule has 0 spiro atoms. The molecule has 1 atom stereocenters. The molecule has 0 aliphatic heterocycles. The van der Waals surface area contributed by atoms with E-state index in [1.54, 1.807) is 13.1 Å². The van der Waals surface area contributed by atoms with Crippen LogP contribution in [0.2, 0.25) is 0 Å². The van der Waals surface area contributed by atoms with Crippen LogP contribution in [0.1, 0.15) is 24.1 Å². The number of thioether (sulfide) groups is 1. The van der Waals surface area contributed by atoms with Gasteiger partial charge < -0.3 is 5.32 Å². The fourth-order valence-corrected chi connectivity index (χ4v) is 4.31. The molecule has 5 nitrogen and oxygen atoms in total. The first-order chi connectivity index (χ1) is 15.0. The Morgan fingerprint density at radius 3 is 2.06 bits per heavy atom. The van der Waals surface area contributed by atoms with Crippen LogP contribution in [0.5, 0.6) is 0 Å². The fourth-order valence-electron chi connectivity index (χ4n) is 3.42. The molecule has 31 heavy (non-hydrogen) atoms. The summed E-state index contributed by atoms with van der Waals surface area (Å²) in [6.07, 6.45) is 0. The average Bonchev–Trinajstić information content (AvgIpc) is 2.81. The summed E-state index contributed by atoms with van der Waals surface area (Å²) in [7, 11) is 1.69. The summed E-state index contributed by atoms with van der Waals surface area (Å²) in [4.78, 5) is 30.4. The zero-order valence-corrected chi connectivity index (χ0v) is 18.2. The van der Waals surface area contributed by atoms with E-state index in [0.29, 0.717) is 16.1 Å². The minimum Gasteiger partial charge on any atom is -0.344 e. The van der Waals surface area contributed by atoms with Gasteiger partial charge in [-0.15, -0.1) is 0 Å². The fraction of sp³-hybridized carbons (Fsp3) is 0.160. The normalized spacial score (nSPS) is 12.1. The van der Waals surface area contributed by atoms with E-state index in [9.17, 15) is 9.59 Å². The number of amides is 1. The van der Waals surface area contributed by atoms with Crippen molar-refractivity contribution in [1.29, 1.82) is 0 Å². The Morgan fingerprint density at radius 1 is 0.903 bits per heavy atom. The first-order valence-electron chi connectivity index (χ1n) is 10.1. The second-order valence-corrected chi connectivity index (χ2v) is 8.61. The lowest BCUT2D eigenvalue weighted by molar-refractivity contribution is -0.120. The van der Waals surface area contributed by atoms with Crippen molar-refractivity contribution < 1.29 is 4.79 Å². The highest BCUT2D eigenvalue weighted by atomic mass is 32.2. The van der Waals surface area contributed by atoms with Gasteiger partial charge in [0.05, 0.1) is 22.2 Å². The van der Waals surface area contributed by atoms with Crippen molar-refractivity contribution in [2.75, 3.05) is 0 Å². The van der Waals surface area contributed by atoms with Crippen LogP contribution in [0.4, 0.5) is 0 Å². The molecule has 0 bridgehead atoms. The molecule has 0 saturated heterocycles. The first kappa shape index (κ1) is 20.9. The standard InChI is InChI=1S/C25H23N3O2S/c1-17(31-25-26-21-16-10-9-15-20(21)24(30)28(25)2)23(29)27-22(18-11-5-3-6-12-18)19-13-7-4-8-14-19/h3-17,22H,1-2H3,(H,27,29). The Morgan fingerprint density at radius 2 is 1.45 bits per heavy atom. The monoisotopic (exact) mass is 429 g/mol. The van der Waals surface area contributed by atoms with Gasteiger partial charge in [-0.25, -0.2) is 4.98 Å². The summed E-state index contributed by atoms with van der Waals surface area (Å²) < 4.78 is 1.50. The SMILES string of the molecule is CC(Sc1nc2ccccc2c(=O)n1C)C(=O)NC(c1ccccc1)c1ccccc1. The summed E-state index contributed by atoms with van der Waals surface area (Å²) in [5.74, 6) is -0.120. The van der Waals surface area contributed by atoms with E-state index in [-0.39, 0.29) is 17.5 Å². The van der Waals surface area contributed by atoms with Crippen LogP contribution in [0.25, 0.3) is 10.9 Å². The van der Waals surface area contributed by atoms with Gasteiger partial charge in [0.15, 0.2) is 5.16 Å². The van der Waals surface area contributed by atoms with E-state index in [2.05, 4.69) is 10.3 Å². The highest BCUT2D eigenvalue weighted by molar-refractivity contribution is 8.00. The second-order valence-electron chi connectivity index (χ2n) is 7.30. The van der Waals surface area contributed by atoms with Crippen molar-refractivity contribution in [2.45, 2.75) is 23.4 Å². The number of carbonyl (C=O) groups is 1. The lowest BCUT2D eigenvalue weighted by atomic mass is 9.98. The maximum atomic E-state index is 13.1. The van der Waals surface area contributed by atoms with Crippen molar-refractivity contribution in [3.63, 3.8) is 0 Å². The maximum absolute atomic E-state index is 13.1. The number of rotatable bonds is 6. The molecule has 6 heteroatoms. The van der Waals surface area contributed by atoms with Crippen LogP contribution in [-0.2, 0) is 11.8 Å². The molecule has 1 aromatic heterocycles. The topological polar surface area (TPSA) is 64.0 Å². The zero-order valence-electron chi connectivity index (χ0n) is 17.4. The number of nitrogens with one attached hydrogen (secondary N) is 1. The molecule has 4 rings (SSSR count). The Labute approximate surface area is 185 Å². The Balaban J connectivity index is 1.58. The summed E-state index contributed by atoms with van der Waals surface area (Å²) in [5, 5.41) is 3.82. The van der Waals surface area contributed by atoms with Crippen molar-refractivity contribution in [1.82, 2.24) is 14.9 Å². The second kappa shape index (κ2) is 9.18. The zero-order chi connectivity index (χ0) is 21.8. The maximum Gasteiger partial charge on any atom is 0.261 e. The number of fused-ring (bicyclic) bond motifs is 1. The minimum absolute atomic E-state index is 0.118. The van der Waals surface area contributed by atoms with Crippen molar-refractivity contribution in [3.8, 4) is 0 Å². The number of hydrogen-bond donors (Lipinski definition) is 1. The molecule has 0 aliphatic carbocycles.